The Kier molecular flexibility index (Phi) is 5.57. The highest BCUT2D eigenvalue weighted by Crippen LogP contribution is 2.33. The number of rotatable bonds is 5. The van der Waals surface area contributed by atoms with Crippen LogP contribution in [0.25, 0.3) is 33.8 Å². The van der Waals surface area contributed by atoms with Crippen LogP contribution in [0.15, 0.2) is 77.3 Å². The second-order valence-electron chi connectivity index (χ2n) is 7.44. The number of halogens is 1. The molecule has 5 aromatic rings. The van der Waals surface area contributed by atoms with Crippen LogP contribution >= 0.6 is 11.6 Å². The Bertz CT molecular complexity index is 1520. The first-order valence-electron chi connectivity index (χ1n) is 10.3. The number of aromatic amines is 1. The Balaban J connectivity index is 1.36. The highest BCUT2D eigenvalue weighted by Gasteiger charge is 2.16. The molecule has 0 unspecified atom stereocenters. The Morgan fingerprint density at radius 2 is 1.88 bits per heavy atom. The first-order chi connectivity index (χ1) is 16.5. The third-order valence-electron chi connectivity index (χ3n) is 5.01. The number of esters is 1. The van der Waals surface area contributed by atoms with E-state index in [-0.39, 0.29) is 5.91 Å². The largest absolute Gasteiger partial charge is 0.436 e. The molecule has 0 spiro atoms. The highest BCUT2D eigenvalue weighted by atomic mass is 35.5. The van der Waals surface area contributed by atoms with Crippen molar-refractivity contribution in [2.45, 2.75) is 6.92 Å². The number of H-pyrrole nitrogens is 1. The predicted octanol–water partition coefficient (Wildman–Crippen LogP) is 5.72. The van der Waals surface area contributed by atoms with Crippen molar-refractivity contribution in [1.82, 2.24) is 15.2 Å². The lowest BCUT2D eigenvalue weighted by Crippen LogP contribution is -2.12. The Labute approximate surface area is 198 Å². The van der Waals surface area contributed by atoms with Gasteiger partial charge in [0.1, 0.15) is 11.3 Å². The number of benzene rings is 3. The quantitative estimate of drug-likeness (QED) is 0.250. The molecule has 0 bridgehead atoms. The van der Waals surface area contributed by atoms with E-state index in [1.54, 1.807) is 54.7 Å². The molecule has 5 rings (SSSR count). The van der Waals surface area contributed by atoms with Crippen LogP contribution in [0.3, 0.4) is 0 Å². The molecule has 34 heavy (non-hydrogen) atoms. The number of ether oxygens (including phenoxy) is 1. The van der Waals surface area contributed by atoms with E-state index >= 15 is 0 Å². The van der Waals surface area contributed by atoms with Crippen LogP contribution in [0.2, 0.25) is 5.02 Å². The van der Waals surface area contributed by atoms with Crippen molar-refractivity contribution in [3.63, 3.8) is 0 Å². The summed E-state index contributed by atoms with van der Waals surface area (Å²) in [6.45, 7) is 1.30. The van der Waals surface area contributed by atoms with Crippen LogP contribution in [0.5, 0.6) is 5.75 Å². The molecule has 0 fully saturated rings. The third-order valence-corrected chi connectivity index (χ3v) is 5.24. The number of oxazole rings is 1. The maximum absolute atomic E-state index is 12.6. The molecule has 0 saturated heterocycles. The second kappa shape index (κ2) is 8.84. The molecule has 2 heterocycles. The fraction of sp³-hybridized carbons (Fsp3) is 0.0400. The fourth-order valence-corrected chi connectivity index (χ4v) is 3.64. The number of hydrogen-bond acceptors (Lipinski definition) is 6. The number of hydrogen-bond donors (Lipinski definition) is 2. The van der Waals surface area contributed by atoms with E-state index in [0.29, 0.717) is 44.6 Å². The number of amides is 1. The molecule has 8 nitrogen and oxygen atoms in total. The van der Waals surface area contributed by atoms with Gasteiger partial charge in [-0.05, 0) is 48.5 Å². The SMILES string of the molecule is CC(=O)Oc1cccc(C(=O)Nc2ccc(-c3[nH]ncc3-c3nc4cc(Cl)ccc4o3)cc2)c1. The summed E-state index contributed by atoms with van der Waals surface area (Å²) < 4.78 is 10.9. The topological polar surface area (TPSA) is 110 Å². The summed E-state index contributed by atoms with van der Waals surface area (Å²) in [6.07, 6.45) is 1.65. The zero-order valence-corrected chi connectivity index (χ0v) is 18.6. The lowest BCUT2D eigenvalue weighted by atomic mass is 10.1. The van der Waals surface area contributed by atoms with Gasteiger partial charge in [0, 0.05) is 28.8 Å². The van der Waals surface area contributed by atoms with Gasteiger partial charge in [-0.1, -0.05) is 29.8 Å². The van der Waals surface area contributed by atoms with Crippen LogP contribution in [0, 0.1) is 0 Å². The molecular formula is C25H17ClN4O4. The highest BCUT2D eigenvalue weighted by molar-refractivity contribution is 6.31. The zero-order chi connectivity index (χ0) is 23.7. The Hall–Kier alpha value is -4.43. The summed E-state index contributed by atoms with van der Waals surface area (Å²) in [6, 6.07) is 18.9. The molecule has 0 aliphatic carbocycles. The van der Waals surface area contributed by atoms with Gasteiger partial charge >= 0.3 is 5.97 Å². The van der Waals surface area contributed by atoms with Gasteiger partial charge in [-0.2, -0.15) is 5.10 Å². The van der Waals surface area contributed by atoms with Crippen molar-refractivity contribution < 1.29 is 18.7 Å². The van der Waals surface area contributed by atoms with Gasteiger partial charge in [0.2, 0.25) is 5.89 Å². The van der Waals surface area contributed by atoms with E-state index in [9.17, 15) is 9.59 Å². The number of anilines is 1. The standard InChI is InChI=1S/C25H17ClN4O4/c1-14(31)33-19-4-2-3-16(11-19)24(32)28-18-8-5-15(6-9-18)23-20(13-27-30-23)25-29-21-12-17(26)7-10-22(21)34-25/h2-13H,1H3,(H,27,30)(H,28,32). The Morgan fingerprint density at radius 3 is 2.68 bits per heavy atom. The second-order valence-corrected chi connectivity index (χ2v) is 7.88. The number of carbonyl (C=O) groups is 2. The van der Waals surface area contributed by atoms with E-state index in [2.05, 4.69) is 20.5 Å². The summed E-state index contributed by atoms with van der Waals surface area (Å²) >= 11 is 6.05. The van der Waals surface area contributed by atoms with E-state index in [4.69, 9.17) is 20.8 Å². The summed E-state index contributed by atoms with van der Waals surface area (Å²) in [4.78, 5) is 28.3. The summed E-state index contributed by atoms with van der Waals surface area (Å²) in [5.41, 5.74) is 4.52. The summed E-state index contributed by atoms with van der Waals surface area (Å²) in [7, 11) is 0. The molecule has 9 heteroatoms. The monoisotopic (exact) mass is 472 g/mol. The van der Waals surface area contributed by atoms with E-state index in [1.807, 2.05) is 12.1 Å². The van der Waals surface area contributed by atoms with Gasteiger partial charge in [0.05, 0.1) is 17.5 Å². The molecule has 0 saturated carbocycles. The van der Waals surface area contributed by atoms with Crippen molar-refractivity contribution >= 4 is 40.3 Å². The number of nitrogens with one attached hydrogen (secondary N) is 2. The van der Waals surface area contributed by atoms with Crippen molar-refractivity contribution in [2.75, 3.05) is 5.32 Å². The average Bonchev–Trinajstić information content (AvgIpc) is 3.46. The van der Waals surface area contributed by atoms with Crippen molar-refractivity contribution in [3.8, 4) is 28.5 Å². The maximum Gasteiger partial charge on any atom is 0.308 e. The zero-order valence-electron chi connectivity index (χ0n) is 17.8. The van der Waals surface area contributed by atoms with Crippen LogP contribution in [-0.4, -0.2) is 27.1 Å². The Morgan fingerprint density at radius 1 is 1.06 bits per heavy atom. The smallest absolute Gasteiger partial charge is 0.308 e. The minimum absolute atomic E-state index is 0.309. The molecule has 0 aliphatic heterocycles. The molecule has 1 amide bonds. The van der Waals surface area contributed by atoms with Crippen LogP contribution in [-0.2, 0) is 4.79 Å². The van der Waals surface area contributed by atoms with Gasteiger partial charge in [-0.25, -0.2) is 4.98 Å². The molecule has 0 aliphatic rings. The van der Waals surface area contributed by atoms with E-state index in [1.165, 1.54) is 13.0 Å². The molecule has 168 valence electrons. The minimum atomic E-state index is -0.451. The summed E-state index contributed by atoms with van der Waals surface area (Å²) in [5.74, 6) is -0.0446. The number of nitrogens with zero attached hydrogens (tertiary/aromatic N) is 2. The molecule has 0 atom stereocenters. The molecule has 2 N–H and O–H groups in total. The van der Waals surface area contributed by atoms with Crippen molar-refractivity contribution in [3.05, 3.63) is 83.5 Å². The normalized spacial score (nSPS) is 10.9. The summed E-state index contributed by atoms with van der Waals surface area (Å²) in [5, 5.41) is 10.5. The predicted molar refractivity (Wildman–Crippen MR) is 128 cm³/mol. The number of fused-ring (bicyclic) bond motifs is 1. The first-order valence-corrected chi connectivity index (χ1v) is 10.6. The molecular weight excluding hydrogens is 456 g/mol. The number of aromatic nitrogens is 3. The molecule has 0 radical (unpaired) electrons. The molecule has 3 aromatic carbocycles. The van der Waals surface area contributed by atoms with Gasteiger partial charge < -0.3 is 14.5 Å². The first kappa shape index (κ1) is 21.4. The lowest BCUT2D eigenvalue weighted by Gasteiger charge is -2.08. The van der Waals surface area contributed by atoms with Crippen molar-refractivity contribution in [1.29, 1.82) is 0 Å². The number of carbonyl (C=O) groups excluding carboxylic acids is 2. The molecule has 2 aromatic heterocycles. The van der Waals surface area contributed by atoms with Gasteiger partial charge in [-0.15, -0.1) is 0 Å². The minimum Gasteiger partial charge on any atom is -0.436 e. The average molecular weight is 473 g/mol. The van der Waals surface area contributed by atoms with Gasteiger partial charge in [0.15, 0.2) is 5.58 Å². The van der Waals surface area contributed by atoms with Crippen LogP contribution < -0.4 is 10.1 Å². The van der Waals surface area contributed by atoms with Gasteiger partial charge in [0.25, 0.3) is 5.91 Å². The van der Waals surface area contributed by atoms with Gasteiger partial charge in [-0.3, -0.25) is 14.7 Å². The van der Waals surface area contributed by atoms with Crippen LogP contribution in [0.4, 0.5) is 5.69 Å². The fourth-order valence-electron chi connectivity index (χ4n) is 3.47. The van der Waals surface area contributed by atoms with E-state index < -0.39 is 5.97 Å². The van der Waals surface area contributed by atoms with E-state index in [0.717, 1.165) is 11.3 Å². The van der Waals surface area contributed by atoms with Crippen LogP contribution in [0.1, 0.15) is 17.3 Å². The van der Waals surface area contributed by atoms with Crippen molar-refractivity contribution in [2.24, 2.45) is 0 Å². The third kappa shape index (κ3) is 4.39. The maximum atomic E-state index is 12.6. The lowest BCUT2D eigenvalue weighted by molar-refractivity contribution is -0.131.